The first kappa shape index (κ1) is 10.8. The number of anilines is 1. The molecule has 1 N–H and O–H groups in total. The van der Waals surface area contributed by atoms with Gasteiger partial charge in [0.15, 0.2) is 0 Å². The van der Waals surface area contributed by atoms with Gasteiger partial charge in [-0.05, 0) is 31.0 Å². The fourth-order valence-corrected chi connectivity index (χ4v) is 2.29. The maximum absolute atomic E-state index is 9.10. The molecule has 1 saturated heterocycles. The van der Waals surface area contributed by atoms with Gasteiger partial charge in [0.05, 0.1) is 0 Å². The number of halogens is 1. The number of nitrogens with zero attached hydrogens (tertiary/aromatic N) is 1. The second-order valence-electron chi connectivity index (χ2n) is 4.21. The Bertz CT molecular complexity index is 353. The highest BCUT2D eigenvalue weighted by molar-refractivity contribution is 6.30. The van der Waals surface area contributed by atoms with Gasteiger partial charge in [-0.25, -0.2) is 0 Å². The molecule has 0 amide bonds. The van der Waals surface area contributed by atoms with Gasteiger partial charge in [0.1, 0.15) is 0 Å². The van der Waals surface area contributed by atoms with E-state index in [-0.39, 0.29) is 6.61 Å². The minimum Gasteiger partial charge on any atom is -0.396 e. The molecule has 0 aliphatic carbocycles. The molecule has 1 aromatic rings. The second kappa shape index (κ2) is 4.42. The molecule has 15 heavy (non-hydrogen) atoms. The van der Waals surface area contributed by atoms with Crippen LogP contribution < -0.4 is 4.90 Å². The molecule has 3 heteroatoms. The van der Waals surface area contributed by atoms with E-state index in [0.29, 0.717) is 5.92 Å². The minimum atomic E-state index is 0.288. The average Bonchev–Trinajstić information content (AvgIpc) is 2.70. The zero-order valence-corrected chi connectivity index (χ0v) is 9.67. The highest BCUT2D eigenvalue weighted by Crippen LogP contribution is 2.28. The molecule has 0 saturated carbocycles. The Hall–Kier alpha value is -0.730. The van der Waals surface area contributed by atoms with E-state index in [9.17, 15) is 0 Å². The first-order valence-corrected chi connectivity index (χ1v) is 5.70. The summed E-state index contributed by atoms with van der Waals surface area (Å²) < 4.78 is 0. The van der Waals surface area contributed by atoms with Gasteiger partial charge in [-0.3, -0.25) is 0 Å². The largest absolute Gasteiger partial charge is 0.396 e. The lowest BCUT2D eigenvalue weighted by Crippen LogP contribution is -2.21. The number of benzene rings is 1. The van der Waals surface area contributed by atoms with Crippen molar-refractivity contribution < 1.29 is 5.11 Å². The summed E-state index contributed by atoms with van der Waals surface area (Å²) in [5.74, 6) is 0.420. The van der Waals surface area contributed by atoms with Gasteiger partial charge in [-0.1, -0.05) is 17.7 Å². The van der Waals surface area contributed by atoms with Gasteiger partial charge in [-0.15, -0.1) is 0 Å². The molecule has 1 fully saturated rings. The Morgan fingerprint density at radius 3 is 3.00 bits per heavy atom. The maximum Gasteiger partial charge on any atom is 0.0476 e. The topological polar surface area (TPSA) is 23.5 Å². The van der Waals surface area contributed by atoms with Gasteiger partial charge in [0, 0.05) is 36.3 Å². The van der Waals surface area contributed by atoms with E-state index in [0.717, 1.165) is 24.5 Å². The minimum absolute atomic E-state index is 0.288. The van der Waals surface area contributed by atoms with Crippen LogP contribution in [-0.4, -0.2) is 24.8 Å². The number of rotatable bonds is 2. The van der Waals surface area contributed by atoms with Crippen LogP contribution in [0, 0.1) is 12.8 Å². The molecule has 1 unspecified atom stereocenters. The molecular formula is C12H16ClNO. The average molecular weight is 226 g/mol. The molecule has 0 radical (unpaired) electrons. The van der Waals surface area contributed by atoms with Gasteiger partial charge in [-0.2, -0.15) is 0 Å². The second-order valence-corrected chi connectivity index (χ2v) is 4.65. The van der Waals surface area contributed by atoms with E-state index in [2.05, 4.69) is 11.8 Å². The molecule has 0 spiro atoms. The Kier molecular flexibility index (Phi) is 3.17. The van der Waals surface area contributed by atoms with Crippen molar-refractivity contribution in [3.8, 4) is 0 Å². The highest BCUT2D eigenvalue weighted by Gasteiger charge is 2.22. The monoisotopic (exact) mass is 225 g/mol. The molecule has 1 heterocycles. The van der Waals surface area contributed by atoms with E-state index < -0.39 is 0 Å². The Morgan fingerprint density at radius 2 is 2.33 bits per heavy atom. The molecule has 2 nitrogen and oxygen atoms in total. The number of hydrogen-bond donors (Lipinski definition) is 1. The smallest absolute Gasteiger partial charge is 0.0476 e. The summed E-state index contributed by atoms with van der Waals surface area (Å²) in [7, 11) is 0. The third-order valence-electron chi connectivity index (χ3n) is 3.06. The SMILES string of the molecule is Cc1ccc(Cl)cc1N1CCC(CO)C1. The van der Waals surface area contributed by atoms with Crippen molar-refractivity contribution in [3.63, 3.8) is 0 Å². The summed E-state index contributed by atoms with van der Waals surface area (Å²) in [5.41, 5.74) is 2.46. The third-order valence-corrected chi connectivity index (χ3v) is 3.29. The normalized spacial score (nSPS) is 21.0. The molecule has 82 valence electrons. The summed E-state index contributed by atoms with van der Waals surface area (Å²) in [6.07, 6.45) is 1.07. The number of aryl methyl sites for hydroxylation is 1. The van der Waals surface area contributed by atoms with Crippen LogP contribution in [0.15, 0.2) is 18.2 Å². The molecular weight excluding hydrogens is 210 g/mol. The summed E-state index contributed by atoms with van der Waals surface area (Å²) in [6.45, 7) is 4.35. The Morgan fingerprint density at radius 1 is 1.53 bits per heavy atom. The Labute approximate surface area is 95.5 Å². The quantitative estimate of drug-likeness (QED) is 0.836. The van der Waals surface area contributed by atoms with Crippen molar-refractivity contribution in [3.05, 3.63) is 28.8 Å². The molecule has 1 atom stereocenters. The van der Waals surface area contributed by atoms with Crippen molar-refractivity contribution in [2.45, 2.75) is 13.3 Å². The van der Waals surface area contributed by atoms with Gasteiger partial charge in [0.2, 0.25) is 0 Å². The predicted octanol–water partition coefficient (Wildman–Crippen LogP) is 2.47. The lowest BCUT2D eigenvalue weighted by molar-refractivity contribution is 0.238. The van der Waals surface area contributed by atoms with E-state index >= 15 is 0 Å². The molecule has 0 bridgehead atoms. The predicted molar refractivity (Wildman–Crippen MR) is 63.6 cm³/mol. The summed E-state index contributed by atoms with van der Waals surface area (Å²) in [4.78, 5) is 2.31. The third kappa shape index (κ3) is 2.27. The van der Waals surface area contributed by atoms with E-state index in [1.165, 1.54) is 11.3 Å². The fraction of sp³-hybridized carbons (Fsp3) is 0.500. The van der Waals surface area contributed by atoms with Crippen LogP contribution >= 0.6 is 11.6 Å². The zero-order valence-electron chi connectivity index (χ0n) is 8.91. The van der Waals surface area contributed by atoms with Gasteiger partial charge < -0.3 is 10.0 Å². The number of aliphatic hydroxyl groups is 1. The standard InChI is InChI=1S/C12H16ClNO/c1-9-2-3-11(13)6-12(9)14-5-4-10(7-14)8-15/h2-3,6,10,15H,4-5,7-8H2,1H3. The van der Waals surface area contributed by atoms with E-state index in [4.69, 9.17) is 16.7 Å². The van der Waals surface area contributed by atoms with Crippen LogP contribution in [0.4, 0.5) is 5.69 Å². The van der Waals surface area contributed by atoms with Gasteiger partial charge in [0.25, 0.3) is 0 Å². The van der Waals surface area contributed by atoms with E-state index in [1.807, 2.05) is 18.2 Å². The Balaban J connectivity index is 2.19. The van der Waals surface area contributed by atoms with Crippen LogP contribution in [0.25, 0.3) is 0 Å². The summed E-state index contributed by atoms with van der Waals surface area (Å²) in [5, 5.41) is 9.88. The molecule has 1 aliphatic rings. The van der Waals surface area contributed by atoms with Crippen LogP contribution in [0.3, 0.4) is 0 Å². The highest BCUT2D eigenvalue weighted by atomic mass is 35.5. The zero-order chi connectivity index (χ0) is 10.8. The molecule has 1 aromatic carbocycles. The van der Waals surface area contributed by atoms with E-state index in [1.54, 1.807) is 0 Å². The molecule has 2 rings (SSSR count). The van der Waals surface area contributed by atoms with Crippen molar-refractivity contribution in [2.75, 3.05) is 24.6 Å². The molecule has 0 aromatic heterocycles. The first-order valence-electron chi connectivity index (χ1n) is 5.32. The number of aliphatic hydroxyl groups excluding tert-OH is 1. The van der Waals surface area contributed by atoms with Crippen molar-refractivity contribution >= 4 is 17.3 Å². The molecule has 1 aliphatic heterocycles. The lowest BCUT2D eigenvalue weighted by atomic mass is 10.1. The lowest BCUT2D eigenvalue weighted by Gasteiger charge is -2.21. The fourth-order valence-electron chi connectivity index (χ4n) is 2.12. The van der Waals surface area contributed by atoms with Crippen LogP contribution in [0.5, 0.6) is 0 Å². The van der Waals surface area contributed by atoms with Crippen LogP contribution in [0.2, 0.25) is 5.02 Å². The van der Waals surface area contributed by atoms with Gasteiger partial charge >= 0.3 is 0 Å². The summed E-state index contributed by atoms with van der Waals surface area (Å²) >= 11 is 5.99. The van der Waals surface area contributed by atoms with Crippen molar-refractivity contribution in [1.29, 1.82) is 0 Å². The van der Waals surface area contributed by atoms with Crippen molar-refractivity contribution in [2.24, 2.45) is 5.92 Å². The first-order chi connectivity index (χ1) is 7.20. The maximum atomic E-state index is 9.10. The number of hydrogen-bond acceptors (Lipinski definition) is 2. The van der Waals surface area contributed by atoms with Crippen LogP contribution in [-0.2, 0) is 0 Å². The summed E-state index contributed by atoms with van der Waals surface area (Å²) in [6, 6.07) is 5.97. The van der Waals surface area contributed by atoms with Crippen molar-refractivity contribution in [1.82, 2.24) is 0 Å². The van der Waals surface area contributed by atoms with Crippen LogP contribution in [0.1, 0.15) is 12.0 Å².